The number of hydrogen-bond donors (Lipinski definition) is 3. The monoisotopic (exact) mass is 442 g/mol. The topological polar surface area (TPSA) is 91.9 Å². The molecule has 1 aromatic heterocycles. The number of aromatic nitrogens is 1. The number of ether oxygens (including phenoxy) is 1. The van der Waals surface area contributed by atoms with E-state index in [0.29, 0.717) is 19.0 Å². The molecule has 1 aromatic carbocycles. The smallest absolute Gasteiger partial charge is 0.416 e. The van der Waals surface area contributed by atoms with Crippen LogP contribution >= 0.6 is 0 Å². The molecule has 0 saturated heterocycles. The molecule has 1 atom stereocenters. The summed E-state index contributed by atoms with van der Waals surface area (Å²) < 4.78 is 48.5. The van der Waals surface area contributed by atoms with Crippen LogP contribution in [0.4, 0.5) is 13.2 Å². The summed E-state index contributed by atoms with van der Waals surface area (Å²) in [7, 11) is 0. The molecule has 31 heavy (non-hydrogen) atoms. The SMILES string of the molecule is CCNC(=NCc1c(CC)noc1CC)NCC(O)COc1ccc(C(F)(F)F)cc1. The van der Waals surface area contributed by atoms with Crippen molar-refractivity contribution in [3.05, 3.63) is 46.8 Å². The molecule has 0 bridgehead atoms. The van der Waals surface area contributed by atoms with Gasteiger partial charge in [0.15, 0.2) is 5.96 Å². The number of aryl methyl sites for hydroxylation is 2. The maximum atomic E-state index is 12.6. The Morgan fingerprint density at radius 2 is 1.87 bits per heavy atom. The van der Waals surface area contributed by atoms with E-state index in [0.717, 1.165) is 42.0 Å². The molecule has 0 spiro atoms. The van der Waals surface area contributed by atoms with E-state index < -0.39 is 17.8 Å². The average Bonchev–Trinajstić information content (AvgIpc) is 3.15. The summed E-state index contributed by atoms with van der Waals surface area (Å²) in [6.45, 7) is 7.01. The highest BCUT2D eigenvalue weighted by molar-refractivity contribution is 5.79. The minimum absolute atomic E-state index is 0.0800. The van der Waals surface area contributed by atoms with E-state index in [2.05, 4.69) is 20.8 Å². The third-order valence-electron chi connectivity index (χ3n) is 4.48. The molecular formula is C21H29F3N4O3. The lowest BCUT2D eigenvalue weighted by molar-refractivity contribution is -0.137. The number of benzene rings is 1. The molecule has 0 aliphatic carbocycles. The second-order valence-corrected chi connectivity index (χ2v) is 6.80. The number of aliphatic hydroxyl groups excluding tert-OH is 1. The summed E-state index contributed by atoms with van der Waals surface area (Å²) in [6, 6.07) is 4.33. The summed E-state index contributed by atoms with van der Waals surface area (Å²) in [5.74, 6) is 1.57. The van der Waals surface area contributed by atoms with Crippen molar-refractivity contribution in [2.75, 3.05) is 19.7 Å². The predicted molar refractivity (Wildman–Crippen MR) is 111 cm³/mol. The Bertz CT molecular complexity index is 814. The van der Waals surface area contributed by atoms with Gasteiger partial charge >= 0.3 is 6.18 Å². The van der Waals surface area contributed by atoms with Crippen LogP contribution in [-0.4, -0.2) is 42.0 Å². The van der Waals surface area contributed by atoms with Crippen molar-refractivity contribution in [2.45, 2.75) is 52.4 Å². The summed E-state index contributed by atoms with van der Waals surface area (Å²) in [4.78, 5) is 4.53. The van der Waals surface area contributed by atoms with Gasteiger partial charge in [0.25, 0.3) is 0 Å². The van der Waals surface area contributed by atoms with Gasteiger partial charge in [-0.2, -0.15) is 13.2 Å². The van der Waals surface area contributed by atoms with Gasteiger partial charge in [-0.15, -0.1) is 0 Å². The van der Waals surface area contributed by atoms with E-state index >= 15 is 0 Å². The Kier molecular flexibility index (Phi) is 9.17. The maximum Gasteiger partial charge on any atom is 0.416 e. The third-order valence-corrected chi connectivity index (χ3v) is 4.48. The highest BCUT2D eigenvalue weighted by Crippen LogP contribution is 2.30. The van der Waals surface area contributed by atoms with E-state index in [1.165, 1.54) is 12.1 Å². The summed E-state index contributed by atoms with van der Waals surface area (Å²) in [6.07, 6.45) is -3.81. The second-order valence-electron chi connectivity index (χ2n) is 6.80. The first-order chi connectivity index (χ1) is 14.8. The van der Waals surface area contributed by atoms with Gasteiger partial charge in [-0.3, -0.25) is 0 Å². The Labute approximate surface area is 179 Å². The minimum Gasteiger partial charge on any atom is -0.491 e. The van der Waals surface area contributed by atoms with Crippen LogP contribution in [0.5, 0.6) is 5.75 Å². The molecule has 3 N–H and O–H groups in total. The van der Waals surface area contributed by atoms with Crippen LogP contribution < -0.4 is 15.4 Å². The molecule has 0 fully saturated rings. The molecule has 0 aliphatic heterocycles. The fraction of sp³-hybridized carbons (Fsp3) is 0.524. The Morgan fingerprint density at radius 3 is 2.45 bits per heavy atom. The van der Waals surface area contributed by atoms with Crippen LogP contribution in [0, 0.1) is 0 Å². The first kappa shape index (κ1) is 24.5. The number of aliphatic hydroxyl groups is 1. The van der Waals surface area contributed by atoms with Gasteiger partial charge in [-0.05, 0) is 37.6 Å². The Hall–Kier alpha value is -2.75. The van der Waals surface area contributed by atoms with Crippen LogP contribution in [0.3, 0.4) is 0 Å². The Morgan fingerprint density at radius 1 is 1.16 bits per heavy atom. The van der Waals surface area contributed by atoms with E-state index in [1.54, 1.807) is 0 Å². The largest absolute Gasteiger partial charge is 0.491 e. The van der Waals surface area contributed by atoms with Crippen molar-refractivity contribution in [3.63, 3.8) is 0 Å². The molecule has 0 radical (unpaired) electrons. The summed E-state index contributed by atoms with van der Waals surface area (Å²) >= 11 is 0. The molecule has 1 unspecified atom stereocenters. The molecule has 2 aromatic rings. The number of alkyl halides is 3. The molecular weight excluding hydrogens is 413 g/mol. The minimum atomic E-state index is -4.40. The highest BCUT2D eigenvalue weighted by atomic mass is 19.4. The van der Waals surface area contributed by atoms with E-state index in [1.807, 2.05) is 20.8 Å². The van der Waals surface area contributed by atoms with Crippen molar-refractivity contribution < 1.29 is 27.5 Å². The van der Waals surface area contributed by atoms with Gasteiger partial charge in [0.1, 0.15) is 24.2 Å². The van der Waals surface area contributed by atoms with E-state index in [4.69, 9.17) is 9.26 Å². The molecule has 0 saturated carbocycles. The van der Waals surface area contributed by atoms with Gasteiger partial charge in [0.2, 0.25) is 0 Å². The number of rotatable bonds is 10. The first-order valence-electron chi connectivity index (χ1n) is 10.2. The molecule has 7 nitrogen and oxygen atoms in total. The lowest BCUT2D eigenvalue weighted by atomic mass is 10.1. The zero-order valence-electron chi connectivity index (χ0n) is 17.9. The van der Waals surface area contributed by atoms with Crippen molar-refractivity contribution in [2.24, 2.45) is 4.99 Å². The summed E-state index contributed by atoms with van der Waals surface area (Å²) in [5.41, 5.74) is 1.09. The normalized spacial score (nSPS) is 13.2. The Balaban J connectivity index is 1.88. The lowest BCUT2D eigenvalue weighted by Crippen LogP contribution is -2.42. The third kappa shape index (κ3) is 7.46. The van der Waals surface area contributed by atoms with E-state index in [9.17, 15) is 18.3 Å². The highest BCUT2D eigenvalue weighted by Gasteiger charge is 2.30. The first-order valence-corrected chi connectivity index (χ1v) is 10.2. The van der Waals surface area contributed by atoms with Crippen molar-refractivity contribution in [1.29, 1.82) is 0 Å². The molecule has 172 valence electrons. The number of nitrogens with one attached hydrogen (secondary N) is 2. The van der Waals surface area contributed by atoms with Crippen LogP contribution in [0.2, 0.25) is 0 Å². The predicted octanol–water partition coefficient (Wildman–Crippen LogP) is 3.31. The zero-order chi connectivity index (χ0) is 22.9. The number of guanidine groups is 1. The van der Waals surface area contributed by atoms with E-state index in [-0.39, 0.29) is 18.9 Å². The number of hydrogen-bond acceptors (Lipinski definition) is 5. The van der Waals surface area contributed by atoms with Gasteiger partial charge in [-0.25, -0.2) is 4.99 Å². The van der Waals surface area contributed by atoms with Crippen molar-refractivity contribution >= 4 is 5.96 Å². The van der Waals surface area contributed by atoms with Gasteiger partial charge in [-0.1, -0.05) is 19.0 Å². The van der Waals surface area contributed by atoms with Crippen LogP contribution in [0.15, 0.2) is 33.8 Å². The van der Waals surface area contributed by atoms with Crippen LogP contribution in [0.1, 0.15) is 43.4 Å². The molecule has 0 amide bonds. The molecule has 1 heterocycles. The van der Waals surface area contributed by atoms with Crippen molar-refractivity contribution in [1.82, 2.24) is 15.8 Å². The number of nitrogens with zero attached hydrogens (tertiary/aromatic N) is 2. The van der Waals surface area contributed by atoms with Crippen LogP contribution in [-0.2, 0) is 25.6 Å². The van der Waals surface area contributed by atoms with Crippen molar-refractivity contribution in [3.8, 4) is 5.75 Å². The lowest BCUT2D eigenvalue weighted by Gasteiger charge is -2.16. The molecule has 10 heteroatoms. The standard InChI is InChI=1S/C21H29F3N4O3/c1-4-18-17(19(5-2)31-28-18)12-27-20(25-6-3)26-11-15(29)13-30-16-9-7-14(8-10-16)21(22,23)24/h7-10,15,29H,4-6,11-13H2,1-3H3,(H2,25,26,27). The molecule has 0 aliphatic rings. The van der Waals surface area contributed by atoms with Gasteiger partial charge in [0.05, 0.1) is 17.8 Å². The quantitative estimate of drug-likeness (QED) is 0.386. The number of halogens is 3. The molecule has 2 rings (SSSR count). The average molecular weight is 442 g/mol. The van der Waals surface area contributed by atoms with Gasteiger partial charge in [0, 0.05) is 25.1 Å². The van der Waals surface area contributed by atoms with Gasteiger partial charge < -0.3 is 25.0 Å². The summed E-state index contributed by atoms with van der Waals surface area (Å²) in [5, 5.41) is 20.4. The zero-order valence-corrected chi connectivity index (χ0v) is 17.9. The second kappa shape index (κ2) is 11.6. The maximum absolute atomic E-state index is 12.6. The fourth-order valence-corrected chi connectivity index (χ4v) is 2.82. The number of aliphatic imine (C=N–C) groups is 1. The van der Waals surface area contributed by atoms with Crippen LogP contribution in [0.25, 0.3) is 0 Å². The fourth-order valence-electron chi connectivity index (χ4n) is 2.82.